The van der Waals surface area contributed by atoms with Crippen LogP contribution in [0.15, 0.2) is 36.4 Å². The van der Waals surface area contributed by atoms with Crippen molar-refractivity contribution < 1.29 is 28.5 Å². The van der Waals surface area contributed by atoms with Gasteiger partial charge in [0.05, 0.1) is 34.4 Å². The van der Waals surface area contributed by atoms with Crippen LogP contribution in [0.1, 0.15) is 35.7 Å². The third-order valence-corrected chi connectivity index (χ3v) is 6.08. The lowest BCUT2D eigenvalue weighted by Gasteiger charge is -2.21. The molecular weight excluding hydrogens is 436 g/mol. The Morgan fingerprint density at radius 2 is 1.56 bits per heavy atom. The Balaban J connectivity index is 1.95. The standard InChI is InChI=1S/C26H34N2O6/c1-16(2)13-27-25(29)21-15-28(26(30)17-7-9-19(31-3)10-8-17)14-20(21)18-11-22(32-4)24(34-6)23(12-18)33-5/h7-12,16,20-21H,13-15H2,1-6H3,(H,27,29)/t20-,21-/m0/s1. The highest BCUT2D eigenvalue weighted by Crippen LogP contribution is 2.43. The van der Waals surface area contributed by atoms with E-state index in [4.69, 9.17) is 18.9 Å². The Morgan fingerprint density at radius 3 is 2.06 bits per heavy atom. The summed E-state index contributed by atoms with van der Waals surface area (Å²) in [6.45, 7) is 5.37. The minimum absolute atomic E-state index is 0.0718. The molecule has 2 aromatic rings. The van der Waals surface area contributed by atoms with Crippen molar-refractivity contribution in [2.75, 3.05) is 48.1 Å². The highest BCUT2D eigenvalue weighted by Gasteiger charge is 2.41. The van der Waals surface area contributed by atoms with Gasteiger partial charge in [-0.3, -0.25) is 9.59 Å². The molecule has 0 spiro atoms. The highest BCUT2D eigenvalue weighted by molar-refractivity contribution is 5.95. The average Bonchev–Trinajstić information content (AvgIpc) is 3.31. The number of amides is 2. The van der Waals surface area contributed by atoms with Gasteiger partial charge in [0.2, 0.25) is 11.7 Å². The molecule has 2 atom stereocenters. The van der Waals surface area contributed by atoms with Gasteiger partial charge in [0.1, 0.15) is 5.75 Å². The third-order valence-electron chi connectivity index (χ3n) is 6.08. The first kappa shape index (κ1) is 25.2. The Hall–Kier alpha value is -3.42. The van der Waals surface area contributed by atoms with Crippen molar-refractivity contribution in [1.82, 2.24) is 10.2 Å². The van der Waals surface area contributed by atoms with E-state index >= 15 is 0 Å². The van der Waals surface area contributed by atoms with Crippen LogP contribution in [-0.2, 0) is 4.79 Å². The van der Waals surface area contributed by atoms with Gasteiger partial charge in [-0.05, 0) is 47.9 Å². The Labute approximate surface area is 201 Å². The maximum atomic E-state index is 13.3. The van der Waals surface area contributed by atoms with Crippen molar-refractivity contribution in [2.24, 2.45) is 11.8 Å². The lowest BCUT2D eigenvalue weighted by atomic mass is 9.87. The van der Waals surface area contributed by atoms with Gasteiger partial charge in [0.15, 0.2) is 11.5 Å². The fraction of sp³-hybridized carbons (Fsp3) is 0.462. The van der Waals surface area contributed by atoms with Gasteiger partial charge < -0.3 is 29.2 Å². The van der Waals surface area contributed by atoms with Crippen LogP contribution in [0.5, 0.6) is 23.0 Å². The summed E-state index contributed by atoms with van der Waals surface area (Å²) in [5.74, 6) is 1.67. The molecule has 2 amide bonds. The van der Waals surface area contributed by atoms with E-state index in [1.165, 1.54) is 0 Å². The van der Waals surface area contributed by atoms with Gasteiger partial charge in [-0.15, -0.1) is 0 Å². The maximum absolute atomic E-state index is 13.3. The number of likely N-dealkylation sites (tertiary alicyclic amines) is 1. The second-order valence-electron chi connectivity index (χ2n) is 8.75. The molecule has 0 bridgehead atoms. The molecule has 0 radical (unpaired) electrons. The first-order valence-corrected chi connectivity index (χ1v) is 11.3. The number of carbonyl (C=O) groups excluding carboxylic acids is 2. The fourth-order valence-corrected chi connectivity index (χ4v) is 4.24. The second-order valence-corrected chi connectivity index (χ2v) is 8.75. The number of carbonyl (C=O) groups is 2. The van der Waals surface area contributed by atoms with E-state index < -0.39 is 5.92 Å². The molecule has 1 aliphatic heterocycles. The van der Waals surface area contributed by atoms with Crippen LogP contribution < -0.4 is 24.3 Å². The quantitative estimate of drug-likeness (QED) is 0.605. The number of nitrogens with zero attached hydrogens (tertiary/aromatic N) is 1. The number of rotatable bonds is 9. The molecule has 1 heterocycles. The van der Waals surface area contributed by atoms with Gasteiger partial charge in [0.25, 0.3) is 5.91 Å². The van der Waals surface area contributed by atoms with E-state index in [0.29, 0.717) is 54.1 Å². The zero-order chi connectivity index (χ0) is 24.8. The summed E-state index contributed by atoms with van der Waals surface area (Å²) in [7, 11) is 6.25. The first-order valence-electron chi connectivity index (χ1n) is 11.3. The van der Waals surface area contributed by atoms with Crippen molar-refractivity contribution in [3.8, 4) is 23.0 Å². The van der Waals surface area contributed by atoms with Crippen LogP contribution in [0, 0.1) is 11.8 Å². The van der Waals surface area contributed by atoms with Crippen molar-refractivity contribution in [3.05, 3.63) is 47.5 Å². The van der Waals surface area contributed by atoms with E-state index in [0.717, 1.165) is 5.56 Å². The molecule has 1 N–H and O–H groups in total. The van der Waals surface area contributed by atoms with Crippen LogP contribution in [-0.4, -0.2) is 64.8 Å². The predicted octanol–water partition coefficient (Wildman–Crippen LogP) is 3.35. The minimum atomic E-state index is -0.413. The van der Waals surface area contributed by atoms with E-state index in [9.17, 15) is 9.59 Å². The van der Waals surface area contributed by atoms with Gasteiger partial charge >= 0.3 is 0 Å². The monoisotopic (exact) mass is 470 g/mol. The molecule has 0 aromatic heterocycles. The molecule has 1 aliphatic rings. The lowest BCUT2D eigenvalue weighted by Crippen LogP contribution is -2.37. The summed E-state index contributed by atoms with van der Waals surface area (Å²) in [5.41, 5.74) is 1.40. The van der Waals surface area contributed by atoms with Crippen LogP contribution in [0.25, 0.3) is 0 Å². The molecule has 1 fully saturated rings. The van der Waals surface area contributed by atoms with E-state index in [1.807, 2.05) is 26.0 Å². The summed E-state index contributed by atoms with van der Waals surface area (Å²) in [5, 5.41) is 3.04. The molecule has 0 unspecified atom stereocenters. The number of hydrogen-bond acceptors (Lipinski definition) is 6. The Bertz CT molecular complexity index is 980. The van der Waals surface area contributed by atoms with Gasteiger partial charge in [-0.1, -0.05) is 13.8 Å². The first-order chi connectivity index (χ1) is 16.3. The molecule has 34 heavy (non-hydrogen) atoms. The Morgan fingerprint density at radius 1 is 0.941 bits per heavy atom. The minimum Gasteiger partial charge on any atom is -0.497 e. The highest BCUT2D eigenvalue weighted by atomic mass is 16.5. The molecule has 184 valence electrons. The number of benzene rings is 2. The van der Waals surface area contributed by atoms with Gasteiger partial charge in [-0.25, -0.2) is 0 Å². The van der Waals surface area contributed by atoms with Gasteiger partial charge in [0, 0.05) is 31.1 Å². The normalized spacial score (nSPS) is 17.4. The van der Waals surface area contributed by atoms with Crippen molar-refractivity contribution in [2.45, 2.75) is 19.8 Å². The number of hydrogen-bond donors (Lipinski definition) is 1. The Kier molecular flexibility index (Phi) is 8.26. The largest absolute Gasteiger partial charge is 0.497 e. The molecule has 0 aliphatic carbocycles. The van der Waals surface area contributed by atoms with Crippen LogP contribution in [0.4, 0.5) is 0 Å². The predicted molar refractivity (Wildman–Crippen MR) is 129 cm³/mol. The molecule has 1 saturated heterocycles. The smallest absolute Gasteiger partial charge is 0.253 e. The van der Waals surface area contributed by atoms with Crippen LogP contribution in [0.2, 0.25) is 0 Å². The van der Waals surface area contributed by atoms with E-state index in [-0.39, 0.29) is 17.7 Å². The SMILES string of the molecule is COc1ccc(C(=O)N2C[C@H](C(=O)NCC(C)C)[C@H](c3cc(OC)c(OC)c(OC)c3)C2)cc1. The lowest BCUT2D eigenvalue weighted by molar-refractivity contribution is -0.125. The second kappa shape index (κ2) is 11.1. The summed E-state index contributed by atoms with van der Waals surface area (Å²) in [4.78, 5) is 28.2. The van der Waals surface area contributed by atoms with Crippen LogP contribution in [0.3, 0.4) is 0 Å². The topological polar surface area (TPSA) is 86.3 Å². The van der Waals surface area contributed by atoms with Crippen molar-refractivity contribution >= 4 is 11.8 Å². The molecule has 0 saturated carbocycles. The molecule has 3 rings (SSSR count). The molecule has 8 heteroatoms. The third kappa shape index (κ3) is 5.38. The summed E-state index contributed by atoms with van der Waals surface area (Å²) >= 11 is 0. The number of nitrogens with one attached hydrogen (secondary N) is 1. The fourth-order valence-electron chi connectivity index (χ4n) is 4.24. The zero-order valence-electron chi connectivity index (χ0n) is 20.7. The average molecular weight is 471 g/mol. The van der Waals surface area contributed by atoms with E-state index in [1.54, 1.807) is 57.6 Å². The maximum Gasteiger partial charge on any atom is 0.253 e. The zero-order valence-corrected chi connectivity index (χ0v) is 20.7. The van der Waals surface area contributed by atoms with Crippen LogP contribution >= 0.6 is 0 Å². The molecule has 2 aromatic carbocycles. The summed E-state index contributed by atoms with van der Waals surface area (Å²) in [6, 6.07) is 10.7. The van der Waals surface area contributed by atoms with Gasteiger partial charge in [-0.2, -0.15) is 0 Å². The molecular formula is C26H34N2O6. The summed E-state index contributed by atoms with van der Waals surface area (Å²) < 4.78 is 21.7. The number of ether oxygens (including phenoxy) is 4. The van der Waals surface area contributed by atoms with Crippen molar-refractivity contribution in [1.29, 1.82) is 0 Å². The molecule has 8 nitrogen and oxygen atoms in total. The summed E-state index contributed by atoms with van der Waals surface area (Å²) in [6.07, 6.45) is 0. The number of methoxy groups -OCH3 is 4. The van der Waals surface area contributed by atoms with E-state index in [2.05, 4.69) is 5.32 Å². The van der Waals surface area contributed by atoms with Crippen molar-refractivity contribution in [3.63, 3.8) is 0 Å².